The Morgan fingerprint density at radius 2 is 0.731 bits per heavy atom. The van der Waals surface area contributed by atoms with E-state index in [4.69, 9.17) is 28.4 Å². The Labute approximate surface area is 316 Å². The number of rotatable bonds is 40. The van der Waals surface area contributed by atoms with Crippen molar-refractivity contribution in [1.82, 2.24) is 14.7 Å². The molecule has 0 aromatic rings. The molecule has 0 aliphatic carbocycles. The Morgan fingerprint density at radius 1 is 0.442 bits per heavy atom. The van der Waals surface area contributed by atoms with Crippen LogP contribution in [0, 0.1) is 0 Å². The summed E-state index contributed by atoms with van der Waals surface area (Å²) >= 11 is 0. The summed E-state index contributed by atoms with van der Waals surface area (Å²) in [5.74, 6) is -1.18. The Bertz CT molecular complexity index is 735. The molecule has 0 spiro atoms. The van der Waals surface area contributed by atoms with Crippen molar-refractivity contribution in [1.29, 1.82) is 0 Å². The molecule has 2 atom stereocenters. The summed E-state index contributed by atoms with van der Waals surface area (Å²) in [5, 5.41) is 20.6. The van der Waals surface area contributed by atoms with E-state index in [2.05, 4.69) is 18.7 Å². The maximum absolute atomic E-state index is 12.2. The normalized spacial score (nSPS) is 13.0. The topological polar surface area (TPSA) is 140 Å². The number of hydrogen-bond acceptors (Lipinski definition) is 13. The molecular formula is C39H79N3O10. The number of esters is 2. The number of carbonyl (C=O) groups is 2. The first-order valence-corrected chi connectivity index (χ1v) is 20.3. The van der Waals surface area contributed by atoms with Crippen molar-refractivity contribution in [3.05, 3.63) is 0 Å². The number of hydrogen-bond donors (Lipinski definition) is 2. The maximum Gasteiger partial charge on any atom is 0.336 e. The van der Waals surface area contributed by atoms with Crippen LogP contribution in [0.1, 0.15) is 117 Å². The molecule has 0 heterocycles. The molecule has 0 amide bonds. The third-order valence-electron chi connectivity index (χ3n) is 8.71. The molecule has 2 N–H and O–H groups in total. The van der Waals surface area contributed by atoms with Crippen LogP contribution < -0.4 is 0 Å². The van der Waals surface area contributed by atoms with Crippen LogP contribution in [0.4, 0.5) is 0 Å². The Morgan fingerprint density at radius 3 is 1.06 bits per heavy atom. The molecule has 2 unspecified atom stereocenters. The molecule has 310 valence electrons. The van der Waals surface area contributed by atoms with Gasteiger partial charge in [-0.1, -0.05) is 65.2 Å². The first-order valence-electron chi connectivity index (χ1n) is 20.3. The molecule has 0 aromatic carbocycles. The van der Waals surface area contributed by atoms with E-state index in [-0.39, 0.29) is 13.1 Å². The van der Waals surface area contributed by atoms with E-state index in [1.165, 1.54) is 38.5 Å². The summed E-state index contributed by atoms with van der Waals surface area (Å²) < 4.78 is 32.4. The van der Waals surface area contributed by atoms with Gasteiger partial charge in [0.05, 0.1) is 13.2 Å². The van der Waals surface area contributed by atoms with Crippen LogP contribution in [0.3, 0.4) is 0 Å². The lowest BCUT2D eigenvalue weighted by molar-refractivity contribution is -0.155. The van der Waals surface area contributed by atoms with E-state index in [0.717, 1.165) is 90.5 Å². The van der Waals surface area contributed by atoms with Crippen LogP contribution in [0.25, 0.3) is 0 Å². The van der Waals surface area contributed by atoms with Gasteiger partial charge in [0.2, 0.25) is 0 Å². The van der Waals surface area contributed by atoms with Crippen molar-refractivity contribution in [2.24, 2.45) is 0 Å². The number of unbranched alkanes of at least 4 members (excludes halogenated alkanes) is 12. The van der Waals surface area contributed by atoms with Crippen molar-refractivity contribution in [2.45, 2.75) is 129 Å². The van der Waals surface area contributed by atoms with Crippen LogP contribution in [0.2, 0.25) is 0 Å². The largest absolute Gasteiger partial charge is 0.464 e. The number of ether oxygens (including phenoxy) is 6. The highest BCUT2D eigenvalue weighted by Gasteiger charge is 2.20. The fourth-order valence-electron chi connectivity index (χ4n) is 5.19. The summed E-state index contributed by atoms with van der Waals surface area (Å²) in [6.45, 7) is 11.7. The van der Waals surface area contributed by atoms with Crippen LogP contribution in [-0.4, -0.2) is 163 Å². The molecule has 0 radical (unpaired) electrons. The standard InChI is InChI=1S/C39H79N3O10/c1-6-8-10-16-26-47-34-49-28-18-12-14-20-30-51-38(45)36(43)32-41(4)24-22-40(3)23-25-42(5)33-37(44)39(46)52-31-21-15-13-19-29-50-35-48-27-17-11-9-7-2/h36-37,43-44H,6-35H2,1-5H3. The predicted molar refractivity (Wildman–Crippen MR) is 205 cm³/mol. The van der Waals surface area contributed by atoms with Gasteiger partial charge in [0.1, 0.15) is 13.6 Å². The van der Waals surface area contributed by atoms with Gasteiger partial charge in [-0.2, -0.15) is 0 Å². The molecular weight excluding hydrogens is 670 g/mol. The number of nitrogens with zero attached hydrogens (tertiary/aromatic N) is 3. The van der Waals surface area contributed by atoms with E-state index in [9.17, 15) is 19.8 Å². The quantitative estimate of drug-likeness (QED) is 0.0502. The molecule has 13 heteroatoms. The zero-order chi connectivity index (χ0) is 38.5. The third-order valence-corrected chi connectivity index (χ3v) is 8.71. The van der Waals surface area contributed by atoms with Crippen molar-refractivity contribution in [2.75, 3.05) is 114 Å². The highest BCUT2D eigenvalue weighted by atomic mass is 16.7. The van der Waals surface area contributed by atoms with Gasteiger partial charge in [-0.05, 0) is 72.5 Å². The molecule has 0 aliphatic rings. The van der Waals surface area contributed by atoms with Crippen LogP contribution in [0.15, 0.2) is 0 Å². The molecule has 0 saturated heterocycles. The number of carbonyl (C=O) groups excluding carboxylic acids is 2. The molecule has 0 rings (SSSR count). The van der Waals surface area contributed by atoms with Gasteiger partial charge in [-0.3, -0.25) is 0 Å². The Hall–Kier alpha value is -1.42. The fraction of sp³-hybridized carbons (Fsp3) is 0.949. The lowest BCUT2D eigenvalue weighted by Crippen LogP contribution is -2.42. The molecule has 0 bridgehead atoms. The van der Waals surface area contributed by atoms with E-state index in [1.54, 1.807) is 0 Å². The molecule has 0 fully saturated rings. The van der Waals surface area contributed by atoms with Gasteiger partial charge in [-0.15, -0.1) is 0 Å². The van der Waals surface area contributed by atoms with Gasteiger partial charge in [0.25, 0.3) is 0 Å². The summed E-state index contributed by atoms with van der Waals surface area (Å²) in [5.41, 5.74) is 0. The second-order valence-electron chi connectivity index (χ2n) is 14.0. The zero-order valence-corrected chi connectivity index (χ0v) is 33.9. The number of likely N-dealkylation sites (N-methyl/N-ethyl adjacent to an activating group) is 3. The van der Waals surface area contributed by atoms with E-state index in [0.29, 0.717) is 53.1 Å². The highest BCUT2D eigenvalue weighted by Crippen LogP contribution is 2.05. The summed E-state index contributed by atoms with van der Waals surface area (Å²) in [6, 6.07) is 0. The van der Waals surface area contributed by atoms with Gasteiger partial charge in [-0.25, -0.2) is 9.59 Å². The van der Waals surface area contributed by atoms with Crippen molar-refractivity contribution in [3.8, 4) is 0 Å². The average molecular weight is 750 g/mol. The van der Waals surface area contributed by atoms with Gasteiger partial charge in [0, 0.05) is 65.7 Å². The molecule has 0 saturated carbocycles. The van der Waals surface area contributed by atoms with Gasteiger partial charge in [0.15, 0.2) is 12.2 Å². The van der Waals surface area contributed by atoms with Crippen LogP contribution in [-0.2, 0) is 38.0 Å². The minimum Gasteiger partial charge on any atom is -0.464 e. The summed E-state index contributed by atoms with van der Waals surface area (Å²) in [6.07, 6.45) is 14.4. The van der Waals surface area contributed by atoms with Crippen molar-refractivity contribution >= 4 is 11.9 Å². The summed E-state index contributed by atoms with van der Waals surface area (Å²) in [7, 11) is 5.71. The third kappa shape index (κ3) is 34.4. The molecule has 13 nitrogen and oxygen atoms in total. The fourth-order valence-corrected chi connectivity index (χ4v) is 5.19. The van der Waals surface area contributed by atoms with Crippen molar-refractivity contribution < 1.29 is 48.2 Å². The second-order valence-corrected chi connectivity index (χ2v) is 14.0. The molecule has 52 heavy (non-hydrogen) atoms. The Kier molecular flexibility index (Phi) is 36.8. The average Bonchev–Trinajstić information content (AvgIpc) is 3.13. The monoisotopic (exact) mass is 750 g/mol. The molecule has 0 aliphatic heterocycles. The van der Waals surface area contributed by atoms with E-state index in [1.807, 2.05) is 30.9 Å². The van der Waals surface area contributed by atoms with E-state index >= 15 is 0 Å². The summed E-state index contributed by atoms with van der Waals surface area (Å²) in [4.78, 5) is 30.4. The zero-order valence-electron chi connectivity index (χ0n) is 33.9. The number of aliphatic hydroxyl groups is 2. The van der Waals surface area contributed by atoms with Crippen LogP contribution >= 0.6 is 0 Å². The second kappa shape index (κ2) is 37.9. The lowest BCUT2D eigenvalue weighted by Gasteiger charge is -2.26. The minimum absolute atomic E-state index is 0.196. The lowest BCUT2D eigenvalue weighted by atomic mass is 10.2. The Balaban J connectivity index is 3.76. The first-order chi connectivity index (χ1) is 25.2. The number of aliphatic hydroxyl groups excluding tert-OH is 2. The predicted octanol–water partition coefficient (Wildman–Crippen LogP) is 4.85. The highest BCUT2D eigenvalue weighted by molar-refractivity contribution is 5.75. The van der Waals surface area contributed by atoms with Gasteiger partial charge < -0.3 is 53.3 Å². The molecule has 0 aromatic heterocycles. The van der Waals surface area contributed by atoms with Gasteiger partial charge >= 0.3 is 11.9 Å². The smallest absolute Gasteiger partial charge is 0.336 e. The van der Waals surface area contributed by atoms with E-state index < -0.39 is 24.1 Å². The SMILES string of the molecule is CCCCCCOCOCCCCCCOC(=O)C(O)CN(C)CCN(C)CCN(C)CC(O)C(=O)OCCCCCCOCOCCCCCC. The maximum atomic E-state index is 12.2. The first kappa shape index (κ1) is 50.6. The van der Waals surface area contributed by atoms with Crippen molar-refractivity contribution in [3.63, 3.8) is 0 Å². The minimum atomic E-state index is -1.19. The van der Waals surface area contributed by atoms with Crippen LogP contribution in [0.5, 0.6) is 0 Å².